The van der Waals surface area contributed by atoms with Gasteiger partial charge in [0.2, 0.25) is 6.79 Å². The van der Waals surface area contributed by atoms with Gasteiger partial charge in [-0.05, 0) is 50.8 Å². The summed E-state index contributed by atoms with van der Waals surface area (Å²) in [5, 5.41) is 22.5. The first-order valence-corrected chi connectivity index (χ1v) is 10.4. The quantitative estimate of drug-likeness (QED) is 0.223. The normalized spacial score (nSPS) is 18.9. The van der Waals surface area contributed by atoms with Crippen LogP contribution in [0.4, 0.5) is 5.69 Å². The minimum absolute atomic E-state index is 0.0451. The number of benzene rings is 2. The van der Waals surface area contributed by atoms with Crippen LogP contribution < -0.4 is 9.47 Å². The summed E-state index contributed by atoms with van der Waals surface area (Å²) in [6, 6.07) is 9.49. The van der Waals surface area contributed by atoms with Gasteiger partial charge in [0.15, 0.2) is 11.5 Å². The Morgan fingerprint density at radius 3 is 2.67 bits per heavy atom. The van der Waals surface area contributed by atoms with Gasteiger partial charge in [0.25, 0.3) is 17.4 Å². The molecule has 1 saturated heterocycles. The van der Waals surface area contributed by atoms with E-state index >= 15 is 0 Å². The van der Waals surface area contributed by atoms with Crippen LogP contribution in [0.25, 0.3) is 5.76 Å². The summed E-state index contributed by atoms with van der Waals surface area (Å²) in [4.78, 5) is 40.1. The van der Waals surface area contributed by atoms with Crippen molar-refractivity contribution in [3.8, 4) is 11.5 Å². The van der Waals surface area contributed by atoms with E-state index in [1.165, 1.54) is 29.2 Å². The van der Waals surface area contributed by atoms with Gasteiger partial charge in [-0.3, -0.25) is 19.7 Å². The van der Waals surface area contributed by atoms with Crippen LogP contribution in [0, 0.1) is 10.1 Å². The number of carbonyl (C=O) groups is 2. The molecule has 2 aromatic rings. The van der Waals surface area contributed by atoms with Crippen LogP contribution >= 0.6 is 0 Å². The summed E-state index contributed by atoms with van der Waals surface area (Å²) in [5.41, 5.74) is 0.357. The number of amides is 1. The van der Waals surface area contributed by atoms with Crippen molar-refractivity contribution in [1.29, 1.82) is 0 Å². The van der Waals surface area contributed by atoms with Crippen molar-refractivity contribution in [2.75, 3.05) is 34.0 Å². The molecule has 0 saturated carbocycles. The number of ketones is 1. The highest BCUT2D eigenvalue weighted by Gasteiger charge is 2.46. The largest absolute Gasteiger partial charge is 0.507 e. The zero-order valence-corrected chi connectivity index (χ0v) is 18.2. The third kappa shape index (κ3) is 4.24. The van der Waals surface area contributed by atoms with Gasteiger partial charge in [-0.2, -0.15) is 0 Å². The Balaban J connectivity index is 1.81. The molecule has 1 N–H and O–H groups in total. The zero-order valence-electron chi connectivity index (χ0n) is 18.2. The summed E-state index contributed by atoms with van der Waals surface area (Å²) >= 11 is 0. The number of nitrogens with zero attached hydrogens (tertiary/aromatic N) is 3. The number of likely N-dealkylation sites (tertiary alicyclic amines) is 1. The number of nitro benzene ring substituents is 1. The average molecular weight is 453 g/mol. The maximum absolute atomic E-state index is 13.1. The fourth-order valence-corrected chi connectivity index (χ4v) is 4.02. The number of hydrogen-bond acceptors (Lipinski definition) is 8. The van der Waals surface area contributed by atoms with Crippen LogP contribution in [0.3, 0.4) is 0 Å². The van der Waals surface area contributed by atoms with Crippen molar-refractivity contribution < 1.29 is 29.1 Å². The van der Waals surface area contributed by atoms with Gasteiger partial charge in [-0.1, -0.05) is 12.1 Å². The molecule has 1 unspecified atom stereocenters. The van der Waals surface area contributed by atoms with E-state index in [0.29, 0.717) is 30.0 Å². The maximum atomic E-state index is 13.1. The molecular formula is C23H23N3O7. The third-order valence-electron chi connectivity index (χ3n) is 5.59. The van der Waals surface area contributed by atoms with Gasteiger partial charge >= 0.3 is 0 Å². The molecule has 2 aliphatic rings. The number of ether oxygens (including phenoxy) is 2. The van der Waals surface area contributed by atoms with Crippen LogP contribution in [-0.2, 0) is 9.59 Å². The Kier molecular flexibility index (Phi) is 6.01. The standard InChI is InChI=1S/C23H23N3O7/c1-24(2)9-4-10-25-20(14-5-3-6-16(11-14)26(30)31)19(22(28)23(25)29)21(27)15-7-8-17-18(12-15)33-13-32-17/h3,5-8,11-12,20,27H,4,9-10,13H2,1-2H3/b21-19-. The van der Waals surface area contributed by atoms with Gasteiger partial charge in [0, 0.05) is 24.2 Å². The Labute approximate surface area is 189 Å². The van der Waals surface area contributed by atoms with Gasteiger partial charge in [0.1, 0.15) is 5.76 Å². The molecular weight excluding hydrogens is 430 g/mol. The minimum atomic E-state index is -0.961. The number of fused-ring (bicyclic) bond motifs is 1. The van der Waals surface area contributed by atoms with E-state index < -0.39 is 22.7 Å². The fraction of sp³-hybridized carbons (Fsp3) is 0.304. The number of rotatable bonds is 7. The van der Waals surface area contributed by atoms with E-state index in [1.54, 1.807) is 18.2 Å². The minimum Gasteiger partial charge on any atom is -0.507 e. The summed E-state index contributed by atoms with van der Waals surface area (Å²) in [5.74, 6) is -1.06. The number of nitro groups is 1. The lowest BCUT2D eigenvalue weighted by atomic mass is 9.95. The Morgan fingerprint density at radius 2 is 1.94 bits per heavy atom. The molecule has 0 aromatic heterocycles. The van der Waals surface area contributed by atoms with Crippen LogP contribution in [0.15, 0.2) is 48.0 Å². The van der Waals surface area contributed by atoms with Crippen molar-refractivity contribution >= 4 is 23.1 Å². The molecule has 2 aliphatic heterocycles. The first-order chi connectivity index (χ1) is 15.8. The summed E-state index contributed by atoms with van der Waals surface area (Å²) in [6.07, 6.45) is 0.579. The third-order valence-corrected chi connectivity index (χ3v) is 5.59. The predicted molar refractivity (Wildman–Crippen MR) is 118 cm³/mol. The summed E-state index contributed by atoms with van der Waals surface area (Å²) in [6.45, 7) is 0.963. The summed E-state index contributed by atoms with van der Waals surface area (Å²) < 4.78 is 10.6. The van der Waals surface area contributed by atoms with Gasteiger partial charge in [-0.15, -0.1) is 0 Å². The molecule has 1 amide bonds. The number of carbonyl (C=O) groups excluding carboxylic acids is 2. The van der Waals surface area contributed by atoms with Gasteiger partial charge in [0.05, 0.1) is 16.5 Å². The van der Waals surface area contributed by atoms with Gasteiger partial charge < -0.3 is 24.4 Å². The topological polar surface area (TPSA) is 122 Å². The monoisotopic (exact) mass is 453 g/mol. The number of non-ortho nitro benzene ring substituents is 1. The maximum Gasteiger partial charge on any atom is 0.295 e. The van der Waals surface area contributed by atoms with Crippen molar-refractivity contribution in [2.24, 2.45) is 0 Å². The number of aliphatic hydroxyl groups is 1. The predicted octanol–water partition coefficient (Wildman–Crippen LogP) is 2.70. The molecule has 10 nitrogen and oxygen atoms in total. The molecule has 0 spiro atoms. The smallest absolute Gasteiger partial charge is 0.295 e. The van der Waals surface area contributed by atoms with Crippen molar-refractivity contribution in [2.45, 2.75) is 12.5 Å². The lowest BCUT2D eigenvalue weighted by Gasteiger charge is -2.25. The molecule has 4 rings (SSSR count). The van der Waals surface area contributed by atoms with E-state index in [0.717, 1.165) is 0 Å². The van der Waals surface area contributed by atoms with E-state index in [1.807, 2.05) is 19.0 Å². The first-order valence-electron chi connectivity index (χ1n) is 10.4. The molecule has 172 valence electrons. The molecule has 1 fully saturated rings. The van der Waals surface area contributed by atoms with Gasteiger partial charge in [-0.25, -0.2) is 0 Å². The van der Waals surface area contributed by atoms with Crippen molar-refractivity contribution in [3.63, 3.8) is 0 Å². The number of hydrogen-bond donors (Lipinski definition) is 1. The van der Waals surface area contributed by atoms with Crippen LogP contribution in [0.2, 0.25) is 0 Å². The molecule has 2 heterocycles. The van der Waals surface area contributed by atoms with E-state index in [2.05, 4.69) is 0 Å². The number of aliphatic hydroxyl groups excluding tert-OH is 1. The first kappa shape index (κ1) is 22.3. The molecule has 10 heteroatoms. The molecule has 2 aromatic carbocycles. The molecule has 0 aliphatic carbocycles. The van der Waals surface area contributed by atoms with Crippen LogP contribution in [0.5, 0.6) is 11.5 Å². The second-order valence-electron chi connectivity index (χ2n) is 8.07. The summed E-state index contributed by atoms with van der Waals surface area (Å²) in [7, 11) is 3.79. The van der Waals surface area contributed by atoms with E-state index in [4.69, 9.17) is 9.47 Å². The van der Waals surface area contributed by atoms with Crippen LogP contribution in [-0.4, -0.2) is 65.5 Å². The zero-order chi connectivity index (χ0) is 23.7. The lowest BCUT2D eigenvalue weighted by molar-refractivity contribution is -0.384. The van der Waals surface area contributed by atoms with Crippen LogP contribution in [0.1, 0.15) is 23.6 Å². The second-order valence-corrected chi connectivity index (χ2v) is 8.07. The SMILES string of the molecule is CN(C)CCCN1C(=O)C(=O)/C(=C(\O)c2ccc3c(c2)OCO3)C1c1cccc([N+](=O)[O-])c1. The second kappa shape index (κ2) is 8.91. The molecule has 0 bridgehead atoms. The highest BCUT2D eigenvalue weighted by atomic mass is 16.7. The van der Waals surface area contributed by atoms with E-state index in [9.17, 15) is 24.8 Å². The highest BCUT2D eigenvalue weighted by molar-refractivity contribution is 6.46. The van der Waals surface area contributed by atoms with Crippen molar-refractivity contribution in [3.05, 3.63) is 69.3 Å². The Bertz CT molecular complexity index is 1160. The molecule has 0 radical (unpaired) electrons. The lowest BCUT2D eigenvalue weighted by Crippen LogP contribution is -2.32. The van der Waals surface area contributed by atoms with Crippen molar-refractivity contribution in [1.82, 2.24) is 9.80 Å². The average Bonchev–Trinajstić information content (AvgIpc) is 3.36. The van der Waals surface area contributed by atoms with E-state index in [-0.39, 0.29) is 35.9 Å². The number of Topliss-reactive ketones (excluding diaryl/α,β-unsaturated/α-hetero) is 1. The Hall–Kier alpha value is -3.92. The molecule has 33 heavy (non-hydrogen) atoms. The fourth-order valence-electron chi connectivity index (χ4n) is 4.02. The highest BCUT2D eigenvalue weighted by Crippen LogP contribution is 2.42. The molecule has 1 atom stereocenters. The Morgan fingerprint density at radius 1 is 1.18 bits per heavy atom.